The number of nitrogens with zero attached hydrogens (tertiary/aromatic N) is 1. The molecule has 2 aromatic carbocycles. The largest absolute Gasteiger partial charge is 0.421 e. The quantitative estimate of drug-likeness (QED) is 0.568. The van der Waals surface area contributed by atoms with Crippen molar-refractivity contribution in [2.24, 2.45) is 5.41 Å². The first-order valence-electron chi connectivity index (χ1n) is 11.7. The minimum absolute atomic E-state index is 0.0301. The van der Waals surface area contributed by atoms with Gasteiger partial charge >= 0.3 is 6.18 Å². The van der Waals surface area contributed by atoms with E-state index < -0.39 is 55.2 Å². The van der Waals surface area contributed by atoms with Gasteiger partial charge in [-0.1, -0.05) is 44.2 Å². The van der Waals surface area contributed by atoms with Gasteiger partial charge in [0.1, 0.15) is 0 Å². The van der Waals surface area contributed by atoms with Crippen LogP contribution >= 0.6 is 0 Å². The van der Waals surface area contributed by atoms with Crippen LogP contribution in [0.25, 0.3) is 0 Å². The lowest BCUT2D eigenvalue weighted by atomic mass is 9.72. The molecule has 2 amide bonds. The van der Waals surface area contributed by atoms with Crippen LogP contribution in [-0.2, 0) is 31.0 Å². The number of anilines is 1. The molecule has 0 aromatic heterocycles. The maximum Gasteiger partial charge on any atom is 0.421 e. The third-order valence-corrected chi connectivity index (χ3v) is 7.97. The highest BCUT2D eigenvalue weighted by molar-refractivity contribution is 7.89. The van der Waals surface area contributed by atoms with Crippen LogP contribution in [0.1, 0.15) is 39.2 Å². The molecule has 4 rings (SSSR count). The van der Waals surface area contributed by atoms with E-state index in [9.17, 15) is 36.0 Å². The normalized spacial score (nSPS) is 21.5. The molecule has 8 nitrogen and oxygen atoms in total. The summed E-state index contributed by atoms with van der Waals surface area (Å²) in [5, 5.41) is 2.43. The summed E-state index contributed by atoms with van der Waals surface area (Å²) in [6.07, 6.45) is -5.79. The molecule has 2 N–H and O–H groups in total. The van der Waals surface area contributed by atoms with Crippen LogP contribution in [0.5, 0.6) is 0 Å². The molecule has 0 radical (unpaired) electrons. The van der Waals surface area contributed by atoms with Crippen molar-refractivity contribution < 1.29 is 36.0 Å². The van der Waals surface area contributed by atoms with Gasteiger partial charge in [-0.15, -0.1) is 0 Å². The fraction of sp³-hybridized carbons (Fsp3) is 0.346. The summed E-state index contributed by atoms with van der Waals surface area (Å²) in [6.45, 7) is 4.37. The summed E-state index contributed by atoms with van der Waals surface area (Å²) in [5.74, 6) is -2.95. The Morgan fingerprint density at radius 3 is 2.16 bits per heavy atom. The van der Waals surface area contributed by atoms with Crippen LogP contribution in [-0.4, -0.2) is 42.6 Å². The predicted molar refractivity (Wildman–Crippen MR) is 132 cm³/mol. The smallest absolute Gasteiger partial charge is 0.326 e. The third kappa shape index (κ3) is 4.85. The molecule has 2 aromatic rings. The zero-order valence-corrected chi connectivity index (χ0v) is 21.7. The average Bonchev–Trinajstić information content (AvgIpc) is 3.02. The van der Waals surface area contributed by atoms with E-state index >= 15 is 0 Å². The number of amides is 2. The number of nitrogens with one attached hydrogen (secondary N) is 2. The summed E-state index contributed by atoms with van der Waals surface area (Å²) in [7, 11) is -4.98. The number of halogens is 3. The zero-order chi connectivity index (χ0) is 28.1. The molecule has 1 aliphatic heterocycles. The lowest BCUT2D eigenvalue weighted by Gasteiger charge is -2.35. The average molecular weight is 550 g/mol. The van der Waals surface area contributed by atoms with Gasteiger partial charge in [0, 0.05) is 24.7 Å². The molecule has 0 saturated carbocycles. The predicted octanol–water partition coefficient (Wildman–Crippen LogP) is 3.91. The zero-order valence-electron chi connectivity index (χ0n) is 20.8. The van der Waals surface area contributed by atoms with Crippen LogP contribution in [0.3, 0.4) is 0 Å². The fourth-order valence-electron chi connectivity index (χ4n) is 4.91. The second kappa shape index (κ2) is 9.35. The first kappa shape index (κ1) is 27.5. The molecule has 2 aliphatic rings. The number of hydrogen-bond donors (Lipinski definition) is 2. The topological polar surface area (TPSA) is 113 Å². The molecule has 1 heterocycles. The number of sulfonamides is 1. The number of ketones is 1. The van der Waals surface area contributed by atoms with Gasteiger partial charge in [-0.25, -0.2) is 8.42 Å². The Morgan fingerprint density at radius 2 is 1.61 bits per heavy atom. The third-order valence-electron chi connectivity index (χ3n) is 6.50. The van der Waals surface area contributed by atoms with E-state index in [0.29, 0.717) is 5.56 Å². The highest BCUT2D eigenvalue weighted by Gasteiger charge is 2.72. The molecule has 12 heteroatoms. The summed E-state index contributed by atoms with van der Waals surface area (Å²) >= 11 is 0. The Kier molecular flexibility index (Phi) is 6.77. The molecule has 0 spiro atoms. The molecule has 0 bridgehead atoms. The number of benzene rings is 2. The van der Waals surface area contributed by atoms with E-state index in [1.807, 2.05) is 0 Å². The first-order chi connectivity index (χ1) is 17.6. The summed E-state index contributed by atoms with van der Waals surface area (Å²) in [6, 6.07) is 12.7. The number of rotatable bonds is 6. The van der Waals surface area contributed by atoms with Gasteiger partial charge in [-0.3, -0.25) is 14.4 Å². The molecule has 0 unspecified atom stereocenters. The van der Waals surface area contributed by atoms with Crippen molar-refractivity contribution in [1.82, 2.24) is 9.62 Å². The number of hydrogen-bond acceptors (Lipinski definition) is 5. The van der Waals surface area contributed by atoms with Crippen LogP contribution in [0.4, 0.5) is 18.9 Å². The second-order valence-corrected chi connectivity index (χ2v) is 11.9. The van der Waals surface area contributed by atoms with Crippen molar-refractivity contribution in [3.8, 4) is 0 Å². The van der Waals surface area contributed by atoms with E-state index in [0.717, 1.165) is 17.0 Å². The van der Waals surface area contributed by atoms with Crippen molar-refractivity contribution in [2.45, 2.75) is 56.8 Å². The molecule has 0 fully saturated rings. The Labute approximate surface area is 217 Å². The van der Waals surface area contributed by atoms with Gasteiger partial charge in [-0.05, 0) is 41.7 Å². The fourth-order valence-corrected chi connectivity index (χ4v) is 6.23. The molecular weight excluding hydrogens is 523 g/mol. The minimum Gasteiger partial charge on any atom is -0.326 e. The second-order valence-electron chi connectivity index (χ2n) is 10.2. The Balaban J connectivity index is 1.85. The molecule has 1 aliphatic carbocycles. The van der Waals surface area contributed by atoms with Crippen molar-refractivity contribution >= 4 is 33.3 Å². The molecular formula is C26H26F3N3O5S. The first-order valence-corrected chi connectivity index (χ1v) is 13.2. The van der Waals surface area contributed by atoms with E-state index in [-0.39, 0.29) is 30.8 Å². The number of carbonyl (C=O) groups is 3. The lowest BCUT2D eigenvalue weighted by Crippen LogP contribution is -2.66. The van der Waals surface area contributed by atoms with Crippen LogP contribution in [0, 0.1) is 5.41 Å². The summed E-state index contributed by atoms with van der Waals surface area (Å²) in [4.78, 5) is 38.5. The number of alkyl halides is 3. The van der Waals surface area contributed by atoms with Crippen LogP contribution < -0.4 is 10.0 Å². The van der Waals surface area contributed by atoms with Crippen molar-refractivity contribution in [3.63, 3.8) is 0 Å². The molecule has 202 valence electrons. The minimum atomic E-state index is -5.48. The lowest BCUT2D eigenvalue weighted by molar-refractivity contribution is -0.189. The van der Waals surface area contributed by atoms with Crippen molar-refractivity contribution in [1.29, 1.82) is 0 Å². The molecule has 38 heavy (non-hydrogen) atoms. The maximum absolute atomic E-state index is 15.0. The number of allylic oxidation sites excluding steroid dienone is 1. The van der Waals surface area contributed by atoms with E-state index in [4.69, 9.17) is 0 Å². The maximum atomic E-state index is 15.0. The van der Waals surface area contributed by atoms with Crippen molar-refractivity contribution in [3.05, 3.63) is 71.4 Å². The van der Waals surface area contributed by atoms with Crippen LogP contribution in [0.15, 0.2) is 70.8 Å². The summed E-state index contributed by atoms with van der Waals surface area (Å²) < 4.78 is 73.1. The van der Waals surface area contributed by atoms with Gasteiger partial charge in [0.05, 0.1) is 17.0 Å². The molecule has 0 saturated heterocycles. The van der Waals surface area contributed by atoms with Gasteiger partial charge in [0.25, 0.3) is 5.91 Å². The number of Topliss-reactive ketones (excluding diaryl/α,β-unsaturated/α-hetero) is 1. The Morgan fingerprint density at radius 1 is 1.00 bits per heavy atom. The number of carbonyl (C=O) groups excluding carboxylic acids is 3. The standard InChI is InChI=1S/C26H26F3N3O5S/c1-16(33)30-18-9-11-19(12-10-18)38(36,37)31-25(26(27,28)29)22-20(13-24(2,3)14-21(22)34)32(23(25)35)15-17-7-5-4-6-8-17/h4-12,31H,13-15H2,1-3H3,(H,30,33)/t25-/m0/s1. The van der Waals surface area contributed by atoms with E-state index in [1.165, 1.54) is 19.1 Å². The van der Waals surface area contributed by atoms with Gasteiger partial charge in [-0.2, -0.15) is 17.9 Å². The molecule has 1 atom stereocenters. The Bertz CT molecular complexity index is 1430. The monoisotopic (exact) mass is 549 g/mol. The van der Waals surface area contributed by atoms with Crippen molar-refractivity contribution in [2.75, 3.05) is 5.32 Å². The SMILES string of the molecule is CC(=O)Nc1ccc(S(=O)(=O)N[C@]2(C(F)(F)F)C(=O)N(Cc3ccccc3)C3=C2C(=O)CC(C)(C)C3)cc1. The highest BCUT2D eigenvalue weighted by atomic mass is 32.2. The van der Waals surface area contributed by atoms with E-state index in [2.05, 4.69) is 5.32 Å². The van der Waals surface area contributed by atoms with Gasteiger partial charge < -0.3 is 10.2 Å². The highest BCUT2D eigenvalue weighted by Crippen LogP contribution is 2.52. The van der Waals surface area contributed by atoms with Gasteiger partial charge in [0.15, 0.2) is 5.78 Å². The van der Waals surface area contributed by atoms with Gasteiger partial charge in [0.2, 0.25) is 21.5 Å². The summed E-state index contributed by atoms with van der Waals surface area (Å²) in [5.41, 5.74) is -4.82. The van der Waals surface area contributed by atoms with E-state index in [1.54, 1.807) is 48.9 Å². The van der Waals surface area contributed by atoms with Crippen LogP contribution in [0.2, 0.25) is 0 Å². The Hall–Kier alpha value is -3.51.